The van der Waals surface area contributed by atoms with Gasteiger partial charge >= 0.3 is 0 Å². The molecule has 0 aliphatic rings. The van der Waals surface area contributed by atoms with Gasteiger partial charge in [0.25, 0.3) is 0 Å². The van der Waals surface area contributed by atoms with Crippen LogP contribution in [0.25, 0.3) is 0 Å². The molecule has 0 heterocycles. The van der Waals surface area contributed by atoms with Crippen molar-refractivity contribution in [1.29, 1.82) is 5.41 Å². The summed E-state index contributed by atoms with van der Waals surface area (Å²) in [5.41, 5.74) is 0. The smallest absolute Gasteiger partial charge is 0.123 e. The molecule has 4 heteroatoms. The Morgan fingerprint density at radius 2 is 2.13 bits per heavy atom. The lowest BCUT2D eigenvalue weighted by Gasteiger charge is -2.12. The first-order valence-electron chi connectivity index (χ1n) is 5.41. The van der Waals surface area contributed by atoms with Crippen molar-refractivity contribution in [1.82, 2.24) is 5.32 Å². The minimum Gasteiger partial charge on any atom is -0.311 e. The molecule has 0 rings (SSSR count). The molecule has 86 valence electrons. The van der Waals surface area contributed by atoms with Gasteiger partial charge in [-0.1, -0.05) is 6.92 Å². The number of aldehydes is 2. The summed E-state index contributed by atoms with van der Waals surface area (Å²) in [5, 5.41) is 10.3. The Morgan fingerprint density at radius 3 is 2.60 bits per heavy atom. The number of hydrogen-bond acceptors (Lipinski definition) is 4. The van der Waals surface area contributed by atoms with Crippen molar-refractivity contribution >= 4 is 18.8 Å². The van der Waals surface area contributed by atoms with E-state index in [0.29, 0.717) is 6.42 Å². The molecule has 0 saturated carbocycles. The van der Waals surface area contributed by atoms with Crippen molar-refractivity contribution in [2.45, 2.75) is 38.6 Å². The van der Waals surface area contributed by atoms with E-state index in [1.165, 1.54) is 6.21 Å². The van der Waals surface area contributed by atoms with E-state index in [1.54, 1.807) is 0 Å². The van der Waals surface area contributed by atoms with Crippen LogP contribution in [0.15, 0.2) is 0 Å². The molecule has 0 aromatic rings. The van der Waals surface area contributed by atoms with Crippen molar-refractivity contribution in [3.63, 3.8) is 0 Å². The molecule has 0 bridgehead atoms. The normalized spacial score (nSPS) is 14.2. The molecule has 0 aliphatic carbocycles. The van der Waals surface area contributed by atoms with Gasteiger partial charge in [0.1, 0.15) is 12.6 Å². The molecule has 0 aromatic heterocycles. The summed E-state index contributed by atoms with van der Waals surface area (Å²) in [6, 6.07) is 0.130. The lowest BCUT2D eigenvalue weighted by atomic mass is 10.0. The maximum atomic E-state index is 10.5. The molecular weight excluding hydrogens is 192 g/mol. The molecule has 0 saturated heterocycles. The molecule has 0 fully saturated rings. The van der Waals surface area contributed by atoms with Crippen LogP contribution in [0.4, 0.5) is 0 Å². The average Bonchev–Trinajstić information content (AvgIpc) is 2.28. The Morgan fingerprint density at radius 1 is 1.40 bits per heavy atom. The van der Waals surface area contributed by atoms with E-state index in [4.69, 9.17) is 5.41 Å². The highest BCUT2D eigenvalue weighted by Crippen LogP contribution is 2.06. The third-order valence-electron chi connectivity index (χ3n) is 2.39. The molecule has 0 aromatic carbocycles. The summed E-state index contributed by atoms with van der Waals surface area (Å²) in [7, 11) is 0. The van der Waals surface area contributed by atoms with Crippen molar-refractivity contribution < 1.29 is 9.59 Å². The minimum absolute atomic E-state index is 0.130. The minimum atomic E-state index is -0.135. The molecule has 2 atom stereocenters. The van der Waals surface area contributed by atoms with Crippen molar-refractivity contribution in [2.24, 2.45) is 5.92 Å². The van der Waals surface area contributed by atoms with Crippen molar-refractivity contribution in [3.8, 4) is 0 Å². The van der Waals surface area contributed by atoms with Crippen LogP contribution in [0.1, 0.15) is 32.6 Å². The van der Waals surface area contributed by atoms with Crippen molar-refractivity contribution in [3.05, 3.63) is 0 Å². The number of hydrogen-bond donors (Lipinski definition) is 2. The van der Waals surface area contributed by atoms with Crippen molar-refractivity contribution in [2.75, 3.05) is 6.54 Å². The second-order valence-corrected chi connectivity index (χ2v) is 3.58. The largest absolute Gasteiger partial charge is 0.311 e. The summed E-state index contributed by atoms with van der Waals surface area (Å²) < 4.78 is 0. The first-order valence-corrected chi connectivity index (χ1v) is 5.41. The van der Waals surface area contributed by atoms with E-state index < -0.39 is 0 Å². The van der Waals surface area contributed by atoms with Gasteiger partial charge in [-0.2, -0.15) is 0 Å². The number of carbonyl (C=O) groups is 2. The second-order valence-electron chi connectivity index (χ2n) is 3.58. The molecule has 0 spiro atoms. The molecule has 2 N–H and O–H groups in total. The third kappa shape index (κ3) is 6.96. The van der Waals surface area contributed by atoms with Gasteiger partial charge in [0.2, 0.25) is 0 Å². The Hall–Kier alpha value is -1.03. The quantitative estimate of drug-likeness (QED) is 0.324. The van der Waals surface area contributed by atoms with Gasteiger partial charge in [0.05, 0.1) is 0 Å². The van der Waals surface area contributed by atoms with E-state index in [0.717, 1.165) is 38.4 Å². The average molecular weight is 212 g/mol. The monoisotopic (exact) mass is 212 g/mol. The maximum Gasteiger partial charge on any atom is 0.123 e. The molecule has 2 unspecified atom stereocenters. The molecule has 4 nitrogen and oxygen atoms in total. The van der Waals surface area contributed by atoms with Gasteiger partial charge in [-0.05, 0) is 25.8 Å². The van der Waals surface area contributed by atoms with Crippen LogP contribution >= 0.6 is 0 Å². The Balaban J connectivity index is 3.54. The SMILES string of the molecule is CCC(C=N)NCCCC(C=O)CC=O. The lowest BCUT2D eigenvalue weighted by Crippen LogP contribution is -2.30. The Labute approximate surface area is 90.9 Å². The second kappa shape index (κ2) is 9.52. The predicted octanol–water partition coefficient (Wildman–Crippen LogP) is 1.19. The van der Waals surface area contributed by atoms with E-state index in [2.05, 4.69) is 5.32 Å². The first-order chi connectivity index (χ1) is 7.28. The van der Waals surface area contributed by atoms with Crippen LogP contribution in [-0.2, 0) is 9.59 Å². The van der Waals surface area contributed by atoms with Gasteiger partial charge in [0, 0.05) is 24.6 Å². The number of rotatable bonds is 10. The summed E-state index contributed by atoms with van der Waals surface area (Å²) in [4.78, 5) is 20.7. The highest BCUT2D eigenvalue weighted by atomic mass is 16.1. The standard InChI is InChI=1S/C11H20N2O2/c1-2-11(8-12)13-6-3-4-10(9-15)5-7-14/h7-13H,2-6H2,1H3. The Kier molecular flexibility index (Phi) is 8.87. The van der Waals surface area contributed by atoms with Crippen LogP contribution in [0.5, 0.6) is 0 Å². The fourth-order valence-electron chi connectivity index (χ4n) is 1.34. The van der Waals surface area contributed by atoms with Crippen LogP contribution in [-0.4, -0.2) is 31.4 Å². The van der Waals surface area contributed by atoms with E-state index >= 15 is 0 Å². The van der Waals surface area contributed by atoms with Crippen LogP contribution in [0.3, 0.4) is 0 Å². The first kappa shape index (κ1) is 14.0. The molecule has 0 aliphatic heterocycles. The van der Waals surface area contributed by atoms with Crippen LogP contribution in [0.2, 0.25) is 0 Å². The van der Waals surface area contributed by atoms with E-state index in [9.17, 15) is 9.59 Å². The summed E-state index contributed by atoms with van der Waals surface area (Å²) >= 11 is 0. The Bertz CT molecular complexity index is 195. The zero-order valence-electron chi connectivity index (χ0n) is 9.24. The van der Waals surface area contributed by atoms with Gasteiger partial charge in [-0.3, -0.25) is 0 Å². The highest BCUT2D eigenvalue weighted by molar-refractivity contribution is 5.61. The van der Waals surface area contributed by atoms with E-state index in [-0.39, 0.29) is 12.0 Å². The molecular formula is C11H20N2O2. The topological polar surface area (TPSA) is 70.0 Å². The molecule has 0 amide bonds. The summed E-state index contributed by atoms with van der Waals surface area (Å²) in [5.74, 6) is -0.135. The molecule has 0 radical (unpaired) electrons. The molecule has 15 heavy (non-hydrogen) atoms. The lowest BCUT2D eigenvalue weighted by molar-refractivity contribution is -0.115. The fraction of sp³-hybridized carbons (Fsp3) is 0.727. The number of carbonyl (C=O) groups excluding carboxylic acids is 2. The highest BCUT2D eigenvalue weighted by Gasteiger charge is 2.06. The van der Waals surface area contributed by atoms with Gasteiger partial charge in [0.15, 0.2) is 0 Å². The third-order valence-corrected chi connectivity index (χ3v) is 2.39. The van der Waals surface area contributed by atoms with Gasteiger partial charge in [-0.15, -0.1) is 0 Å². The van der Waals surface area contributed by atoms with E-state index in [1.807, 2.05) is 6.92 Å². The number of nitrogens with one attached hydrogen (secondary N) is 2. The zero-order chi connectivity index (χ0) is 11.5. The fourth-order valence-corrected chi connectivity index (χ4v) is 1.34. The van der Waals surface area contributed by atoms with Crippen LogP contribution < -0.4 is 5.32 Å². The summed E-state index contributed by atoms with van der Waals surface area (Å²) in [6.07, 6.45) is 5.86. The zero-order valence-corrected chi connectivity index (χ0v) is 9.24. The maximum absolute atomic E-state index is 10.5. The van der Waals surface area contributed by atoms with Gasteiger partial charge in [-0.25, -0.2) is 0 Å². The summed E-state index contributed by atoms with van der Waals surface area (Å²) in [6.45, 7) is 2.81. The predicted molar refractivity (Wildman–Crippen MR) is 60.3 cm³/mol. The van der Waals surface area contributed by atoms with Gasteiger partial charge < -0.3 is 20.3 Å². The van der Waals surface area contributed by atoms with Crippen LogP contribution in [0, 0.1) is 11.3 Å².